The number of nitrogens with zero attached hydrogens (tertiary/aromatic N) is 1. The van der Waals surface area contributed by atoms with E-state index in [1.807, 2.05) is 0 Å². The lowest BCUT2D eigenvalue weighted by molar-refractivity contribution is 0.411. The van der Waals surface area contributed by atoms with Crippen molar-refractivity contribution in [1.29, 1.82) is 0 Å². The summed E-state index contributed by atoms with van der Waals surface area (Å²) in [5, 5.41) is 0.528. The average molecular weight is 275 g/mol. The van der Waals surface area contributed by atoms with E-state index >= 15 is 0 Å². The van der Waals surface area contributed by atoms with Crippen LogP contribution in [0.5, 0.6) is 0 Å². The van der Waals surface area contributed by atoms with Crippen molar-refractivity contribution in [2.75, 3.05) is 13.1 Å². The Labute approximate surface area is 106 Å². The second kappa shape index (κ2) is 4.94. The van der Waals surface area contributed by atoms with Gasteiger partial charge in [0.05, 0.1) is 4.90 Å². The molecule has 94 valence electrons. The highest BCUT2D eigenvalue weighted by atomic mass is 35.5. The van der Waals surface area contributed by atoms with Gasteiger partial charge in [-0.3, -0.25) is 0 Å². The van der Waals surface area contributed by atoms with Crippen molar-refractivity contribution >= 4 is 21.6 Å². The van der Waals surface area contributed by atoms with Gasteiger partial charge in [0.25, 0.3) is 0 Å². The van der Waals surface area contributed by atoms with Crippen LogP contribution >= 0.6 is 11.6 Å². The molecule has 1 aromatic carbocycles. The van der Waals surface area contributed by atoms with Gasteiger partial charge in [0, 0.05) is 24.2 Å². The fourth-order valence-electron chi connectivity index (χ4n) is 1.73. The number of rotatable bonds is 5. The maximum absolute atomic E-state index is 12.3. The standard InChI is InChI=1S/C11H15ClN2O2S/c12-9-1-5-11(6-2-9)17(15,16)14(8-7-13)10-3-4-10/h1-2,5-6,10H,3-4,7-8,13H2. The molecule has 0 saturated heterocycles. The fourth-order valence-corrected chi connectivity index (χ4v) is 3.56. The molecule has 0 amide bonds. The SMILES string of the molecule is NCCN(C1CC1)S(=O)(=O)c1ccc(Cl)cc1. The molecule has 1 saturated carbocycles. The number of hydrogen-bond acceptors (Lipinski definition) is 3. The zero-order valence-electron chi connectivity index (χ0n) is 9.34. The molecule has 0 atom stereocenters. The molecule has 0 aromatic heterocycles. The topological polar surface area (TPSA) is 63.4 Å². The van der Waals surface area contributed by atoms with Crippen LogP contribution in [-0.4, -0.2) is 31.9 Å². The molecule has 6 heteroatoms. The number of halogens is 1. The largest absolute Gasteiger partial charge is 0.329 e. The first-order valence-electron chi connectivity index (χ1n) is 5.53. The van der Waals surface area contributed by atoms with E-state index in [1.54, 1.807) is 12.1 Å². The molecular weight excluding hydrogens is 260 g/mol. The molecule has 1 aromatic rings. The van der Waals surface area contributed by atoms with Crippen LogP contribution in [0.1, 0.15) is 12.8 Å². The Bertz CT molecular complexity index is 483. The predicted octanol–water partition coefficient (Wildman–Crippen LogP) is 1.45. The zero-order valence-corrected chi connectivity index (χ0v) is 10.9. The Morgan fingerprint density at radius 1 is 1.29 bits per heavy atom. The third-order valence-electron chi connectivity index (χ3n) is 2.72. The summed E-state index contributed by atoms with van der Waals surface area (Å²) in [6.07, 6.45) is 1.85. The summed E-state index contributed by atoms with van der Waals surface area (Å²) >= 11 is 5.75. The predicted molar refractivity (Wildman–Crippen MR) is 67.4 cm³/mol. The number of sulfonamides is 1. The van der Waals surface area contributed by atoms with Crippen molar-refractivity contribution in [1.82, 2.24) is 4.31 Å². The molecular formula is C11H15ClN2O2S. The first-order valence-corrected chi connectivity index (χ1v) is 7.35. The smallest absolute Gasteiger partial charge is 0.243 e. The highest BCUT2D eigenvalue weighted by Crippen LogP contribution is 2.31. The molecule has 1 fully saturated rings. The van der Waals surface area contributed by atoms with Gasteiger partial charge in [-0.05, 0) is 37.1 Å². The first kappa shape index (κ1) is 12.8. The summed E-state index contributed by atoms with van der Waals surface area (Å²) in [5.41, 5.74) is 5.47. The maximum Gasteiger partial charge on any atom is 0.243 e. The van der Waals surface area contributed by atoms with E-state index in [4.69, 9.17) is 17.3 Å². The number of benzene rings is 1. The lowest BCUT2D eigenvalue weighted by Gasteiger charge is -2.21. The van der Waals surface area contributed by atoms with Crippen molar-refractivity contribution in [2.45, 2.75) is 23.8 Å². The quantitative estimate of drug-likeness (QED) is 0.884. The van der Waals surface area contributed by atoms with Crippen LogP contribution in [0.15, 0.2) is 29.2 Å². The van der Waals surface area contributed by atoms with Gasteiger partial charge in [-0.1, -0.05) is 11.6 Å². The van der Waals surface area contributed by atoms with Crippen molar-refractivity contribution in [3.63, 3.8) is 0 Å². The van der Waals surface area contributed by atoms with Gasteiger partial charge >= 0.3 is 0 Å². The molecule has 4 nitrogen and oxygen atoms in total. The van der Waals surface area contributed by atoms with Crippen LogP contribution in [-0.2, 0) is 10.0 Å². The Morgan fingerprint density at radius 2 is 1.88 bits per heavy atom. The Kier molecular flexibility index (Phi) is 3.73. The molecule has 0 aliphatic heterocycles. The minimum absolute atomic E-state index is 0.124. The summed E-state index contributed by atoms with van der Waals surface area (Å²) < 4.78 is 26.2. The van der Waals surface area contributed by atoms with E-state index in [0.29, 0.717) is 18.1 Å². The molecule has 17 heavy (non-hydrogen) atoms. The van der Waals surface area contributed by atoms with Gasteiger partial charge in [-0.2, -0.15) is 4.31 Å². The monoisotopic (exact) mass is 274 g/mol. The van der Waals surface area contributed by atoms with Crippen LogP contribution in [0.25, 0.3) is 0 Å². The summed E-state index contributed by atoms with van der Waals surface area (Å²) in [7, 11) is -3.42. The highest BCUT2D eigenvalue weighted by Gasteiger charge is 2.37. The van der Waals surface area contributed by atoms with E-state index in [1.165, 1.54) is 16.4 Å². The molecule has 0 radical (unpaired) electrons. The molecule has 0 bridgehead atoms. The first-order chi connectivity index (χ1) is 8.05. The molecule has 0 unspecified atom stereocenters. The minimum Gasteiger partial charge on any atom is -0.329 e. The van der Waals surface area contributed by atoms with Crippen LogP contribution < -0.4 is 5.73 Å². The van der Waals surface area contributed by atoms with Gasteiger partial charge in [0.2, 0.25) is 10.0 Å². The third-order valence-corrected chi connectivity index (χ3v) is 4.94. The van der Waals surface area contributed by atoms with E-state index < -0.39 is 10.0 Å². The van der Waals surface area contributed by atoms with Crippen molar-refractivity contribution in [3.05, 3.63) is 29.3 Å². The van der Waals surface area contributed by atoms with E-state index in [9.17, 15) is 8.42 Å². The molecule has 0 heterocycles. The van der Waals surface area contributed by atoms with Crippen LogP contribution in [0, 0.1) is 0 Å². The van der Waals surface area contributed by atoms with Crippen LogP contribution in [0.3, 0.4) is 0 Å². The molecule has 2 N–H and O–H groups in total. The second-order valence-electron chi connectivity index (χ2n) is 4.09. The fraction of sp³-hybridized carbons (Fsp3) is 0.455. The Hall–Kier alpha value is -0.620. The molecule has 1 aliphatic rings. The Morgan fingerprint density at radius 3 is 2.35 bits per heavy atom. The summed E-state index contributed by atoms with van der Waals surface area (Å²) in [4.78, 5) is 0.280. The highest BCUT2D eigenvalue weighted by molar-refractivity contribution is 7.89. The van der Waals surface area contributed by atoms with E-state index in [-0.39, 0.29) is 10.9 Å². The van der Waals surface area contributed by atoms with Gasteiger partial charge in [0.1, 0.15) is 0 Å². The van der Waals surface area contributed by atoms with Gasteiger partial charge in [0.15, 0.2) is 0 Å². The molecule has 1 aliphatic carbocycles. The van der Waals surface area contributed by atoms with Gasteiger partial charge in [-0.25, -0.2) is 8.42 Å². The Balaban J connectivity index is 2.30. The molecule has 0 spiro atoms. The van der Waals surface area contributed by atoms with Crippen molar-refractivity contribution in [3.8, 4) is 0 Å². The summed E-state index contributed by atoms with van der Waals surface area (Å²) in [6.45, 7) is 0.707. The lowest BCUT2D eigenvalue weighted by Crippen LogP contribution is -2.37. The lowest BCUT2D eigenvalue weighted by atomic mass is 10.4. The normalized spacial score (nSPS) is 16.4. The van der Waals surface area contributed by atoms with Crippen LogP contribution in [0.4, 0.5) is 0 Å². The maximum atomic E-state index is 12.3. The summed E-state index contributed by atoms with van der Waals surface area (Å²) in [6, 6.07) is 6.36. The molecule has 2 rings (SSSR count). The second-order valence-corrected chi connectivity index (χ2v) is 6.42. The zero-order chi connectivity index (χ0) is 12.5. The third kappa shape index (κ3) is 2.80. The van der Waals surface area contributed by atoms with Crippen molar-refractivity contribution in [2.24, 2.45) is 5.73 Å². The van der Waals surface area contributed by atoms with E-state index in [0.717, 1.165) is 12.8 Å². The number of nitrogens with two attached hydrogens (primary N) is 1. The number of hydrogen-bond donors (Lipinski definition) is 1. The van der Waals surface area contributed by atoms with Crippen LogP contribution in [0.2, 0.25) is 5.02 Å². The minimum atomic E-state index is -3.42. The van der Waals surface area contributed by atoms with Gasteiger partial charge in [-0.15, -0.1) is 0 Å². The van der Waals surface area contributed by atoms with Gasteiger partial charge < -0.3 is 5.73 Å². The van der Waals surface area contributed by atoms with Crippen molar-refractivity contribution < 1.29 is 8.42 Å². The average Bonchev–Trinajstić information content (AvgIpc) is 3.10. The summed E-state index contributed by atoms with van der Waals surface area (Å²) in [5.74, 6) is 0. The van der Waals surface area contributed by atoms with E-state index in [2.05, 4.69) is 0 Å².